The summed E-state index contributed by atoms with van der Waals surface area (Å²) in [7, 11) is 0. The second kappa shape index (κ2) is 7.60. The zero-order valence-corrected chi connectivity index (χ0v) is 7.93. The van der Waals surface area contributed by atoms with Gasteiger partial charge in [-0.3, -0.25) is 0 Å². The number of rotatable bonds is 0. The molecule has 1 aliphatic rings. The molecule has 1 rings (SSSR count). The van der Waals surface area contributed by atoms with Crippen LogP contribution < -0.4 is 0 Å². The van der Waals surface area contributed by atoms with Gasteiger partial charge in [0, 0.05) is 13.2 Å². The molecule has 0 aromatic heterocycles. The van der Waals surface area contributed by atoms with Crippen molar-refractivity contribution in [3.8, 4) is 0 Å². The van der Waals surface area contributed by atoms with Crippen molar-refractivity contribution in [1.29, 1.82) is 0 Å². The molecule has 1 nitrogen and oxygen atoms in total. The molecule has 0 spiro atoms. The monoisotopic (exact) mass is 168 g/mol. The van der Waals surface area contributed by atoms with Gasteiger partial charge in [-0.15, -0.1) is 0 Å². The first-order valence-electron chi connectivity index (χ1n) is 5.21. The number of ether oxygens (including phenoxy) is 1. The Morgan fingerprint density at radius 1 is 0.750 bits per heavy atom. The van der Waals surface area contributed by atoms with Crippen molar-refractivity contribution in [2.75, 3.05) is 13.2 Å². The van der Waals surface area contributed by atoms with Crippen LogP contribution in [0.15, 0.2) is 0 Å². The summed E-state index contributed by atoms with van der Waals surface area (Å²) < 4.78 is 5.43. The highest BCUT2D eigenvalue weighted by Gasteiger charge is 1.96. The third kappa shape index (κ3) is 5.59. The van der Waals surface area contributed by atoms with E-state index in [1.807, 2.05) is 0 Å². The second-order valence-electron chi connectivity index (χ2n) is 3.43. The smallest absolute Gasteiger partial charge is 0.0497 e. The van der Waals surface area contributed by atoms with Gasteiger partial charge in [-0.1, -0.05) is 25.7 Å². The Balaban J connectivity index is 2.00. The van der Waals surface area contributed by atoms with E-state index in [9.17, 15) is 0 Å². The first-order valence-corrected chi connectivity index (χ1v) is 5.21. The molecule has 0 bridgehead atoms. The van der Waals surface area contributed by atoms with Gasteiger partial charge in [0.25, 0.3) is 0 Å². The van der Waals surface area contributed by atoms with E-state index in [2.05, 4.69) is 12.8 Å². The fourth-order valence-electron chi connectivity index (χ4n) is 1.48. The molecule has 1 saturated heterocycles. The molecule has 0 aromatic carbocycles. The van der Waals surface area contributed by atoms with Gasteiger partial charge in [-0.25, -0.2) is 0 Å². The lowest BCUT2D eigenvalue weighted by atomic mass is 10.1. The summed E-state index contributed by atoms with van der Waals surface area (Å²) in [6.45, 7) is 1.80. The fraction of sp³-hybridized carbons (Fsp3) is 0.818. The lowest BCUT2D eigenvalue weighted by Crippen LogP contribution is -1.99. The molecule has 70 valence electrons. The molecule has 2 radical (unpaired) electrons. The van der Waals surface area contributed by atoms with Gasteiger partial charge in [0.15, 0.2) is 0 Å². The number of hydrogen-bond acceptors (Lipinski definition) is 1. The highest BCUT2D eigenvalue weighted by Crippen LogP contribution is 2.10. The Labute approximate surface area is 76.5 Å². The van der Waals surface area contributed by atoms with Crippen LogP contribution in [0.1, 0.15) is 44.9 Å². The Kier molecular flexibility index (Phi) is 6.36. The van der Waals surface area contributed by atoms with E-state index in [-0.39, 0.29) is 0 Å². The normalized spacial score (nSPS) is 24.0. The van der Waals surface area contributed by atoms with Crippen LogP contribution in [0, 0.1) is 12.8 Å². The molecule has 0 aliphatic carbocycles. The van der Waals surface area contributed by atoms with E-state index in [1.165, 1.54) is 44.9 Å². The van der Waals surface area contributed by atoms with Crippen LogP contribution in [-0.2, 0) is 4.74 Å². The zero-order valence-electron chi connectivity index (χ0n) is 7.93. The van der Waals surface area contributed by atoms with Gasteiger partial charge < -0.3 is 4.74 Å². The predicted octanol–water partition coefficient (Wildman–Crippen LogP) is 3.16. The van der Waals surface area contributed by atoms with Crippen molar-refractivity contribution in [2.24, 2.45) is 0 Å². The minimum absolute atomic E-state index is 0.861. The zero-order chi connectivity index (χ0) is 8.49. The summed E-state index contributed by atoms with van der Waals surface area (Å²) in [6, 6.07) is 0. The average molecular weight is 168 g/mol. The van der Waals surface area contributed by atoms with E-state index in [0.29, 0.717) is 0 Å². The summed E-state index contributed by atoms with van der Waals surface area (Å²) in [5.41, 5.74) is 0. The molecule has 12 heavy (non-hydrogen) atoms. The van der Waals surface area contributed by atoms with Crippen LogP contribution in [0.25, 0.3) is 0 Å². The van der Waals surface area contributed by atoms with E-state index in [4.69, 9.17) is 4.74 Å². The highest BCUT2D eigenvalue weighted by molar-refractivity contribution is 4.68. The van der Waals surface area contributed by atoms with Gasteiger partial charge in [0.1, 0.15) is 0 Å². The molecule has 0 aromatic rings. The average Bonchev–Trinajstić information content (AvgIpc) is 2.05. The molecule has 1 heterocycles. The van der Waals surface area contributed by atoms with E-state index in [0.717, 1.165) is 13.2 Å². The van der Waals surface area contributed by atoms with Crippen molar-refractivity contribution in [3.63, 3.8) is 0 Å². The van der Waals surface area contributed by atoms with Crippen LogP contribution in [0.3, 0.4) is 0 Å². The molecule has 0 saturated carbocycles. The third-order valence-corrected chi connectivity index (χ3v) is 2.25. The van der Waals surface area contributed by atoms with Gasteiger partial charge in [-0.2, -0.15) is 0 Å². The van der Waals surface area contributed by atoms with Crippen molar-refractivity contribution >= 4 is 0 Å². The topological polar surface area (TPSA) is 9.23 Å². The second-order valence-corrected chi connectivity index (χ2v) is 3.43. The SMILES string of the molecule is [CH]1CCCCC[CH]COCCC1. The first-order chi connectivity index (χ1) is 6.00. The molecule has 0 amide bonds. The Morgan fingerprint density at radius 2 is 1.50 bits per heavy atom. The van der Waals surface area contributed by atoms with Crippen LogP contribution in [-0.4, -0.2) is 13.2 Å². The predicted molar refractivity (Wildman–Crippen MR) is 51.7 cm³/mol. The summed E-state index contributed by atoms with van der Waals surface area (Å²) in [4.78, 5) is 0. The highest BCUT2D eigenvalue weighted by atomic mass is 16.5. The van der Waals surface area contributed by atoms with E-state index in [1.54, 1.807) is 0 Å². The van der Waals surface area contributed by atoms with Crippen LogP contribution in [0.5, 0.6) is 0 Å². The molecule has 0 N–H and O–H groups in total. The summed E-state index contributed by atoms with van der Waals surface area (Å²) >= 11 is 0. The third-order valence-electron chi connectivity index (χ3n) is 2.25. The molecule has 1 fully saturated rings. The van der Waals surface area contributed by atoms with Crippen molar-refractivity contribution in [1.82, 2.24) is 0 Å². The number of hydrogen-bond donors (Lipinski definition) is 0. The van der Waals surface area contributed by atoms with Crippen molar-refractivity contribution in [3.05, 3.63) is 12.8 Å². The quantitative estimate of drug-likeness (QED) is 0.540. The van der Waals surface area contributed by atoms with Gasteiger partial charge in [-0.05, 0) is 32.1 Å². The minimum atomic E-state index is 0.861. The van der Waals surface area contributed by atoms with Gasteiger partial charge >= 0.3 is 0 Å². The van der Waals surface area contributed by atoms with E-state index >= 15 is 0 Å². The molecule has 1 heteroatoms. The summed E-state index contributed by atoms with van der Waals surface area (Å²) in [5.74, 6) is 0. The Bertz CT molecular complexity index is 48.0. The van der Waals surface area contributed by atoms with Gasteiger partial charge in [0.2, 0.25) is 0 Å². The van der Waals surface area contributed by atoms with Crippen LogP contribution >= 0.6 is 0 Å². The Morgan fingerprint density at radius 3 is 2.42 bits per heavy atom. The van der Waals surface area contributed by atoms with Gasteiger partial charge in [0.05, 0.1) is 0 Å². The molecule has 1 aliphatic heterocycles. The standard InChI is InChI=1S/C11H20O/c1-2-4-6-8-10-12-11-9-7-5-3-1/h4,9H,1-3,5-8,10-11H2. The summed E-state index contributed by atoms with van der Waals surface area (Å²) in [5, 5.41) is 0. The summed E-state index contributed by atoms with van der Waals surface area (Å²) in [6.07, 6.45) is 13.8. The minimum Gasteiger partial charge on any atom is -0.381 e. The molecular formula is C11H20O. The van der Waals surface area contributed by atoms with Crippen LogP contribution in [0.2, 0.25) is 0 Å². The maximum Gasteiger partial charge on any atom is 0.0497 e. The van der Waals surface area contributed by atoms with Crippen molar-refractivity contribution < 1.29 is 4.74 Å². The lowest BCUT2D eigenvalue weighted by molar-refractivity contribution is 0.148. The molecule has 0 unspecified atom stereocenters. The van der Waals surface area contributed by atoms with E-state index < -0.39 is 0 Å². The maximum absolute atomic E-state index is 5.43. The fourth-order valence-corrected chi connectivity index (χ4v) is 1.48. The first kappa shape index (κ1) is 10.0. The van der Waals surface area contributed by atoms with Crippen LogP contribution in [0.4, 0.5) is 0 Å². The Hall–Kier alpha value is -0.0400. The maximum atomic E-state index is 5.43. The van der Waals surface area contributed by atoms with Crippen molar-refractivity contribution in [2.45, 2.75) is 44.9 Å². The lowest BCUT2D eigenvalue weighted by Gasteiger charge is -2.06. The largest absolute Gasteiger partial charge is 0.381 e. The molecular weight excluding hydrogens is 148 g/mol. The molecule has 0 atom stereocenters.